The van der Waals surface area contributed by atoms with Gasteiger partial charge in [-0.2, -0.15) is 0 Å². The summed E-state index contributed by atoms with van der Waals surface area (Å²) in [6.07, 6.45) is 1.78. The number of hydrogen-bond acceptors (Lipinski definition) is 2. The molecule has 0 unspecified atom stereocenters. The van der Waals surface area contributed by atoms with E-state index in [0.29, 0.717) is 16.2 Å². The third kappa shape index (κ3) is 3.10. The van der Waals surface area contributed by atoms with Gasteiger partial charge in [-0.3, -0.25) is 4.79 Å². The molecule has 0 N–H and O–H groups in total. The van der Waals surface area contributed by atoms with Crippen molar-refractivity contribution in [3.63, 3.8) is 0 Å². The molecule has 2 nitrogen and oxygen atoms in total. The van der Waals surface area contributed by atoms with Crippen molar-refractivity contribution in [2.24, 2.45) is 0 Å². The second kappa shape index (κ2) is 4.99. The molecule has 0 heterocycles. The van der Waals surface area contributed by atoms with Crippen LogP contribution in [-0.4, -0.2) is 24.8 Å². The second-order valence-electron chi connectivity index (χ2n) is 3.58. The molecule has 0 aliphatic rings. The molecular weight excluding hydrogens is 210 g/mol. The van der Waals surface area contributed by atoms with Crippen LogP contribution in [0.4, 0.5) is 0 Å². The van der Waals surface area contributed by atoms with E-state index >= 15 is 0 Å². The number of halogens is 1. The maximum atomic E-state index is 11.9. The van der Waals surface area contributed by atoms with Crippen molar-refractivity contribution in [1.82, 2.24) is 4.90 Å². The van der Waals surface area contributed by atoms with Crippen LogP contribution < -0.4 is 0 Å². The summed E-state index contributed by atoms with van der Waals surface area (Å²) in [5.74, 6) is -0.0331. The minimum Gasteiger partial charge on any atom is -0.383 e. The first-order valence-corrected chi connectivity index (χ1v) is 5.04. The van der Waals surface area contributed by atoms with Crippen molar-refractivity contribution in [3.8, 4) is 0 Å². The highest BCUT2D eigenvalue weighted by Gasteiger charge is 2.11. The number of allylic oxidation sites excluding steroid dienone is 1. The number of carbonyl (C=O) groups is 1. The molecule has 1 rings (SSSR count). The summed E-state index contributed by atoms with van der Waals surface area (Å²) in [4.78, 5) is 13.8. The Labute approximate surface area is 95.2 Å². The first-order valence-electron chi connectivity index (χ1n) is 4.66. The minimum absolute atomic E-state index is 0.0331. The molecule has 80 valence electrons. The minimum atomic E-state index is -0.0331. The maximum absolute atomic E-state index is 11.9. The number of nitrogens with zero attached hydrogens (tertiary/aromatic N) is 1. The van der Waals surface area contributed by atoms with Crippen molar-refractivity contribution < 1.29 is 4.79 Å². The summed E-state index contributed by atoms with van der Waals surface area (Å²) in [7, 11) is 3.76. The Hall–Kier alpha value is -1.28. The van der Waals surface area contributed by atoms with Crippen molar-refractivity contribution in [2.45, 2.75) is 6.92 Å². The number of Topliss-reactive ketones (excluding diaryl/α,β-unsaturated/α-hetero) is 1. The van der Waals surface area contributed by atoms with Crippen LogP contribution in [0.5, 0.6) is 0 Å². The molecule has 0 atom stereocenters. The number of hydrogen-bond donors (Lipinski definition) is 0. The van der Waals surface area contributed by atoms with E-state index in [1.807, 2.05) is 31.1 Å². The van der Waals surface area contributed by atoms with Crippen LogP contribution in [0.2, 0.25) is 5.02 Å². The Morgan fingerprint density at radius 1 is 1.33 bits per heavy atom. The monoisotopic (exact) mass is 223 g/mol. The fraction of sp³-hybridized carbons (Fsp3) is 0.250. The molecule has 0 spiro atoms. The molecule has 0 bridgehead atoms. The Balaban J connectivity index is 3.01. The van der Waals surface area contributed by atoms with Crippen LogP contribution >= 0.6 is 11.6 Å². The largest absolute Gasteiger partial charge is 0.383 e. The summed E-state index contributed by atoms with van der Waals surface area (Å²) in [5.41, 5.74) is 1.22. The third-order valence-corrected chi connectivity index (χ3v) is 2.26. The molecule has 15 heavy (non-hydrogen) atoms. The summed E-state index contributed by atoms with van der Waals surface area (Å²) in [5, 5.41) is 0.494. The van der Waals surface area contributed by atoms with Gasteiger partial charge in [0.25, 0.3) is 0 Å². The molecule has 0 aliphatic heterocycles. The lowest BCUT2D eigenvalue weighted by Crippen LogP contribution is -2.08. The Morgan fingerprint density at radius 3 is 2.47 bits per heavy atom. The van der Waals surface area contributed by atoms with Crippen LogP contribution in [0.15, 0.2) is 36.0 Å². The topological polar surface area (TPSA) is 20.3 Å². The van der Waals surface area contributed by atoms with Gasteiger partial charge in [0.05, 0.1) is 5.02 Å². The van der Waals surface area contributed by atoms with Crippen LogP contribution in [0.25, 0.3) is 0 Å². The molecule has 0 aliphatic carbocycles. The molecule has 0 radical (unpaired) electrons. The number of rotatable bonds is 3. The first-order chi connectivity index (χ1) is 7.02. The second-order valence-corrected chi connectivity index (χ2v) is 3.99. The van der Waals surface area contributed by atoms with Crippen molar-refractivity contribution in [1.29, 1.82) is 0 Å². The lowest BCUT2D eigenvalue weighted by atomic mass is 10.1. The molecule has 1 aromatic carbocycles. The summed E-state index contributed by atoms with van der Waals surface area (Å²) in [6.45, 7) is 1.78. The van der Waals surface area contributed by atoms with Crippen LogP contribution in [-0.2, 0) is 0 Å². The lowest BCUT2D eigenvalue weighted by molar-refractivity contribution is 0.103. The molecule has 0 aromatic heterocycles. The standard InChI is InChI=1S/C12H14ClNO/c1-9(8-14(2)3)12(15)10-6-4-5-7-11(10)13/h4-8H,1-3H3/b9-8+. The number of carbonyl (C=O) groups excluding carboxylic acids is 1. The molecule has 0 saturated heterocycles. The zero-order chi connectivity index (χ0) is 11.4. The van der Waals surface area contributed by atoms with Crippen LogP contribution in [0.3, 0.4) is 0 Å². The van der Waals surface area contributed by atoms with Crippen LogP contribution in [0.1, 0.15) is 17.3 Å². The van der Waals surface area contributed by atoms with Gasteiger partial charge in [0.15, 0.2) is 5.78 Å². The number of ketones is 1. The van der Waals surface area contributed by atoms with E-state index in [-0.39, 0.29) is 5.78 Å². The molecule has 3 heteroatoms. The van der Waals surface area contributed by atoms with Gasteiger partial charge in [0.2, 0.25) is 0 Å². The van der Waals surface area contributed by atoms with Gasteiger partial charge in [0.1, 0.15) is 0 Å². The first kappa shape index (κ1) is 11.8. The van der Waals surface area contributed by atoms with E-state index in [9.17, 15) is 4.79 Å². The average Bonchev–Trinajstić information content (AvgIpc) is 2.16. The molecule has 1 aromatic rings. The van der Waals surface area contributed by atoms with E-state index in [1.54, 1.807) is 25.3 Å². The quantitative estimate of drug-likeness (QED) is 0.580. The van der Waals surface area contributed by atoms with E-state index in [0.717, 1.165) is 0 Å². The van der Waals surface area contributed by atoms with Gasteiger partial charge in [-0.25, -0.2) is 0 Å². The highest BCUT2D eigenvalue weighted by molar-refractivity contribution is 6.34. The number of benzene rings is 1. The highest BCUT2D eigenvalue weighted by atomic mass is 35.5. The lowest BCUT2D eigenvalue weighted by Gasteiger charge is -2.08. The van der Waals surface area contributed by atoms with Gasteiger partial charge >= 0.3 is 0 Å². The van der Waals surface area contributed by atoms with Gasteiger partial charge < -0.3 is 4.90 Å². The van der Waals surface area contributed by atoms with E-state index in [4.69, 9.17) is 11.6 Å². The van der Waals surface area contributed by atoms with Crippen molar-refractivity contribution in [2.75, 3.05) is 14.1 Å². The molecule has 0 fully saturated rings. The van der Waals surface area contributed by atoms with Gasteiger partial charge in [-0.15, -0.1) is 0 Å². The summed E-state index contributed by atoms with van der Waals surface area (Å²) in [6, 6.07) is 7.07. The third-order valence-electron chi connectivity index (χ3n) is 1.93. The predicted molar refractivity (Wildman–Crippen MR) is 63.2 cm³/mol. The van der Waals surface area contributed by atoms with Crippen molar-refractivity contribution >= 4 is 17.4 Å². The fourth-order valence-corrected chi connectivity index (χ4v) is 1.53. The normalized spacial score (nSPS) is 11.3. The van der Waals surface area contributed by atoms with Crippen LogP contribution in [0, 0.1) is 0 Å². The smallest absolute Gasteiger partial charge is 0.191 e. The summed E-state index contributed by atoms with van der Waals surface area (Å²) < 4.78 is 0. The van der Waals surface area contributed by atoms with Crippen molar-refractivity contribution in [3.05, 3.63) is 46.6 Å². The Kier molecular flexibility index (Phi) is 3.92. The van der Waals surface area contributed by atoms with Gasteiger partial charge in [0, 0.05) is 31.4 Å². The zero-order valence-corrected chi connectivity index (χ0v) is 9.88. The van der Waals surface area contributed by atoms with E-state index in [2.05, 4.69) is 0 Å². The zero-order valence-electron chi connectivity index (χ0n) is 9.12. The Morgan fingerprint density at radius 2 is 1.93 bits per heavy atom. The SMILES string of the molecule is C/C(=C\N(C)C)C(=O)c1ccccc1Cl. The molecular formula is C12H14ClNO. The molecule has 0 saturated carbocycles. The van der Waals surface area contributed by atoms with E-state index < -0.39 is 0 Å². The average molecular weight is 224 g/mol. The van der Waals surface area contributed by atoms with Gasteiger partial charge in [-0.05, 0) is 19.1 Å². The summed E-state index contributed by atoms with van der Waals surface area (Å²) >= 11 is 5.94. The van der Waals surface area contributed by atoms with Gasteiger partial charge in [-0.1, -0.05) is 23.7 Å². The Bertz CT molecular complexity index is 396. The molecule has 0 amide bonds. The van der Waals surface area contributed by atoms with E-state index in [1.165, 1.54) is 0 Å². The maximum Gasteiger partial charge on any atom is 0.191 e. The fourth-order valence-electron chi connectivity index (χ4n) is 1.30. The highest BCUT2D eigenvalue weighted by Crippen LogP contribution is 2.18. The predicted octanol–water partition coefficient (Wildman–Crippen LogP) is 2.99.